The minimum absolute atomic E-state index is 0.0848. The Bertz CT molecular complexity index is 1610. The summed E-state index contributed by atoms with van der Waals surface area (Å²) in [5, 5.41) is 11.1. The molecule has 1 aliphatic heterocycles. The van der Waals surface area contributed by atoms with E-state index >= 15 is 0 Å². The van der Waals surface area contributed by atoms with E-state index < -0.39 is 12.0 Å². The second-order valence-corrected chi connectivity index (χ2v) is 10.8. The van der Waals surface area contributed by atoms with Crippen LogP contribution in [0.15, 0.2) is 77.6 Å². The highest BCUT2D eigenvalue weighted by atomic mass is 35.5. The van der Waals surface area contributed by atoms with E-state index in [1.165, 1.54) is 17.0 Å². The van der Waals surface area contributed by atoms with Crippen molar-refractivity contribution < 1.29 is 14.3 Å². The molecular weight excluding hydrogens is 517 g/mol. The molecule has 3 aromatic carbocycles. The maximum Gasteiger partial charge on any atom is 0.256 e. The van der Waals surface area contributed by atoms with Crippen molar-refractivity contribution in [3.8, 4) is 11.1 Å². The Morgan fingerprint density at radius 2 is 1.82 bits per heavy atom. The number of aryl methyl sites for hydroxylation is 1. The van der Waals surface area contributed by atoms with Gasteiger partial charge in [-0.1, -0.05) is 60.1 Å². The van der Waals surface area contributed by atoms with E-state index in [0.717, 1.165) is 29.5 Å². The van der Waals surface area contributed by atoms with Crippen molar-refractivity contribution in [3.05, 3.63) is 122 Å². The Balaban J connectivity index is 1.28. The summed E-state index contributed by atoms with van der Waals surface area (Å²) in [5.74, 6) is -0.106. The lowest BCUT2D eigenvalue weighted by molar-refractivity contribution is -0.141. The second-order valence-electron chi connectivity index (χ2n) is 10.3. The van der Waals surface area contributed by atoms with Crippen molar-refractivity contribution in [3.63, 3.8) is 0 Å². The predicted octanol–water partition coefficient (Wildman–Crippen LogP) is 5.32. The summed E-state index contributed by atoms with van der Waals surface area (Å²) in [7, 11) is 0. The number of aliphatic hydroxyl groups excluding tert-OH is 1. The fourth-order valence-electron chi connectivity index (χ4n) is 5.45. The molecule has 0 bridgehead atoms. The van der Waals surface area contributed by atoms with Crippen molar-refractivity contribution >= 4 is 17.5 Å². The van der Waals surface area contributed by atoms with Gasteiger partial charge in [0.2, 0.25) is 0 Å². The molecule has 1 fully saturated rings. The molecule has 8 heteroatoms. The normalized spacial score (nSPS) is 16.7. The number of halogens is 2. The maximum absolute atomic E-state index is 13.4. The third-order valence-corrected chi connectivity index (χ3v) is 8.03. The number of fused-ring (bicyclic) bond motifs is 1. The van der Waals surface area contributed by atoms with Crippen LogP contribution in [0.2, 0.25) is 5.02 Å². The minimum atomic E-state index is -1.36. The Kier molecular flexibility index (Phi) is 6.57. The molecule has 1 amide bonds. The van der Waals surface area contributed by atoms with Crippen LogP contribution < -0.4 is 5.56 Å². The maximum atomic E-state index is 13.4. The first-order chi connectivity index (χ1) is 18.8. The number of carbonyl (C=O) groups is 1. The molecule has 39 heavy (non-hydrogen) atoms. The monoisotopic (exact) mass is 543 g/mol. The molecule has 4 aromatic rings. The number of aromatic amines is 1. The van der Waals surface area contributed by atoms with Gasteiger partial charge in [0.15, 0.2) is 6.10 Å². The Hall–Kier alpha value is -3.81. The summed E-state index contributed by atoms with van der Waals surface area (Å²) >= 11 is 6.04. The molecule has 1 atom stereocenters. The molecule has 0 unspecified atom stereocenters. The lowest BCUT2D eigenvalue weighted by atomic mass is 9.91. The molecule has 6 rings (SSSR count). The Labute approximate surface area is 230 Å². The van der Waals surface area contributed by atoms with Gasteiger partial charge in [0, 0.05) is 11.6 Å². The molecule has 6 nitrogen and oxygen atoms in total. The molecule has 2 aliphatic rings. The lowest BCUT2D eigenvalue weighted by Gasteiger charge is -2.24. The zero-order chi connectivity index (χ0) is 27.1. The molecule has 1 saturated carbocycles. The van der Waals surface area contributed by atoms with Crippen LogP contribution in [-0.4, -0.2) is 32.4 Å². The van der Waals surface area contributed by atoms with E-state index in [1.807, 2.05) is 18.2 Å². The first kappa shape index (κ1) is 25.5. The zero-order valence-electron chi connectivity index (χ0n) is 21.2. The van der Waals surface area contributed by atoms with Crippen LogP contribution >= 0.6 is 11.6 Å². The number of benzene rings is 3. The highest BCUT2D eigenvalue weighted by Gasteiger charge is 2.49. The Morgan fingerprint density at radius 1 is 1.05 bits per heavy atom. The number of aromatic nitrogens is 2. The molecule has 0 radical (unpaired) electrons. The number of nitrogens with one attached hydrogen (secondary N) is 1. The number of hydrogen-bond donors (Lipinski definition) is 2. The van der Waals surface area contributed by atoms with Crippen LogP contribution in [0.25, 0.3) is 11.1 Å². The van der Waals surface area contributed by atoms with Crippen LogP contribution in [0.1, 0.15) is 53.6 Å². The summed E-state index contributed by atoms with van der Waals surface area (Å²) in [6.45, 7) is 0.494. The molecular formula is C31H27ClFN3O3. The lowest BCUT2D eigenvalue weighted by Crippen LogP contribution is -2.36. The smallest absolute Gasteiger partial charge is 0.256 e. The number of amides is 1. The zero-order valence-corrected chi connectivity index (χ0v) is 21.9. The van der Waals surface area contributed by atoms with Crippen molar-refractivity contribution in [2.24, 2.45) is 0 Å². The third-order valence-electron chi connectivity index (χ3n) is 7.80. The molecule has 2 heterocycles. The van der Waals surface area contributed by atoms with Gasteiger partial charge < -0.3 is 15.0 Å². The Morgan fingerprint density at radius 3 is 2.56 bits per heavy atom. The van der Waals surface area contributed by atoms with Gasteiger partial charge in [0.05, 0.1) is 23.2 Å². The fourth-order valence-corrected chi connectivity index (χ4v) is 5.65. The van der Waals surface area contributed by atoms with E-state index in [0.29, 0.717) is 47.1 Å². The van der Waals surface area contributed by atoms with Gasteiger partial charge in [0.1, 0.15) is 11.6 Å². The number of carbonyl (C=O) groups excluding carboxylic acids is 1. The number of aliphatic hydroxyl groups is 1. The summed E-state index contributed by atoms with van der Waals surface area (Å²) in [6, 6.07) is 21.1. The molecule has 2 N–H and O–H groups in total. The average molecular weight is 544 g/mol. The van der Waals surface area contributed by atoms with Gasteiger partial charge in [-0.2, -0.15) is 0 Å². The first-order valence-electron chi connectivity index (χ1n) is 13.1. The van der Waals surface area contributed by atoms with Crippen molar-refractivity contribution in [2.45, 2.75) is 43.7 Å². The fraction of sp³-hybridized carbons (Fsp3) is 0.258. The molecule has 1 aromatic heterocycles. The van der Waals surface area contributed by atoms with Crippen molar-refractivity contribution in [1.29, 1.82) is 0 Å². The number of nitrogens with zero attached hydrogens (tertiary/aromatic N) is 2. The van der Waals surface area contributed by atoms with Crippen LogP contribution in [0.3, 0.4) is 0 Å². The third kappa shape index (κ3) is 4.88. The number of rotatable bonds is 5. The van der Waals surface area contributed by atoms with Crippen LogP contribution in [0, 0.1) is 5.82 Å². The number of H-pyrrole nitrogens is 1. The van der Waals surface area contributed by atoms with E-state index in [2.05, 4.69) is 11.1 Å². The second kappa shape index (κ2) is 10.1. The van der Waals surface area contributed by atoms with Gasteiger partial charge in [-0.15, -0.1) is 0 Å². The van der Waals surface area contributed by atoms with Gasteiger partial charge >= 0.3 is 0 Å². The first-order valence-corrected chi connectivity index (χ1v) is 13.4. The van der Waals surface area contributed by atoms with Crippen LogP contribution in [0.4, 0.5) is 4.39 Å². The van der Waals surface area contributed by atoms with Gasteiger partial charge in [0.25, 0.3) is 11.5 Å². The molecule has 0 spiro atoms. The molecule has 198 valence electrons. The highest BCUT2D eigenvalue weighted by Crippen LogP contribution is 2.52. The number of hydrogen-bond acceptors (Lipinski definition) is 4. The van der Waals surface area contributed by atoms with Gasteiger partial charge in [-0.25, -0.2) is 9.37 Å². The quantitative estimate of drug-likeness (QED) is 0.357. The van der Waals surface area contributed by atoms with Crippen LogP contribution in [0.5, 0.6) is 0 Å². The van der Waals surface area contributed by atoms with Crippen LogP contribution in [-0.2, 0) is 23.2 Å². The summed E-state index contributed by atoms with van der Waals surface area (Å²) in [5.41, 5.74) is 3.88. The van der Waals surface area contributed by atoms with E-state index in [9.17, 15) is 19.1 Å². The summed E-state index contributed by atoms with van der Waals surface area (Å²) in [4.78, 5) is 36.0. The summed E-state index contributed by atoms with van der Waals surface area (Å²) < 4.78 is 13.4. The van der Waals surface area contributed by atoms with E-state index in [-0.39, 0.29) is 23.3 Å². The van der Waals surface area contributed by atoms with Gasteiger partial charge in [-0.3, -0.25) is 9.59 Å². The van der Waals surface area contributed by atoms with Crippen molar-refractivity contribution in [1.82, 2.24) is 14.9 Å². The predicted molar refractivity (Wildman–Crippen MR) is 147 cm³/mol. The van der Waals surface area contributed by atoms with Gasteiger partial charge in [-0.05, 0) is 72.2 Å². The van der Waals surface area contributed by atoms with E-state index in [4.69, 9.17) is 16.6 Å². The average Bonchev–Trinajstić information content (AvgIpc) is 3.77. The molecule has 1 aliphatic carbocycles. The standard InChI is InChI=1S/C31H27ClFN3O3/c32-23-7-2-5-21(17-23)27(37)29(39)36-15-3-8-26-25(18-36)28(38)35-30(34-26)31(13-14-31)22-6-1-4-20(16-22)19-9-11-24(33)12-10-19/h1-2,4-7,9-12,16-17,27,37H,3,8,13-15,18H2,(H,34,35,38)/t27-/m1/s1. The summed E-state index contributed by atoms with van der Waals surface area (Å²) in [6.07, 6.45) is 1.55. The SMILES string of the molecule is O=C([C@H](O)c1cccc(Cl)c1)N1CCCc2nc(C3(c4cccc(-c5ccc(F)cc5)c4)CC3)[nH]c(=O)c2C1. The molecule has 0 saturated heterocycles. The minimum Gasteiger partial charge on any atom is -0.378 e. The van der Waals surface area contributed by atoms with E-state index in [1.54, 1.807) is 36.4 Å². The van der Waals surface area contributed by atoms with Crippen molar-refractivity contribution in [2.75, 3.05) is 6.54 Å². The topological polar surface area (TPSA) is 86.3 Å². The largest absolute Gasteiger partial charge is 0.378 e. The highest BCUT2D eigenvalue weighted by molar-refractivity contribution is 6.30.